The van der Waals surface area contributed by atoms with Crippen LogP contribution in [0, 0.1) is 11.8 Å². The van der Waals surface area contributed by atoms with Gasteiger partial charge in [-0.15, -0.1) is 0 Å². The highest BCUT2D eigenvalue weighted by Crippen LogP contribution is 2.26. The third-order valence-electron chi connectivity index (χ3n) is 5.31. The molecule has 7 nitrogen and oxygen atoms in total. The molecule has 35 heavy (non-hydrogen) atoms. The monoisotopic (exact) mass is 496 g/mol. The van der Waals surface area contributed by atoms with Crippen molar-refractivity contribution < 1.29 is 33.3 Å². The zero-order valence-corrected chi connectivity index (χ0v) is 20.3. The predicted octanol–water partition coefficient (Wildman–Crippen LogP) is 5.39. The van der Waals surface area contributed by atoms with Gasteiger partial charge in [0, 0.05) is 17.0 Å². The molecule has 0 aromatic heterocycles. The van der Waals surface area contributed by atoms with E-state index in [2.05, 4.69) is 0 Å². The lowest BCUT2D eigenvalue weighted by molar-refractivity contribution is -0.153. The van der Waals surface area contributed by atoms with Crippen LogP contribution in [0.3, 0.4) is 0 Å². The van der Waals surface area contributed by atoms with Crippen LogP contribution in [-0.2, 0) is 9.59 Å². The standard InChI is InChI=1S/C27H25ClO7/c1-17(16-24(29)18-4-6-19(28)7-5-18)25(26(30)34-22-12-8-20(32-2)9-13-22)27(31)35-23-14-10-21(33-3)11-15-23/h4-15,17,25H,16H2,1-3H3/t17-/m1/s1. The Morgan fingerprint density at radius 3 is 1.49 bits per heavy atom. The quantitative estimate of drug-likeness (QED) is 0.161. The lowest BCUT2D eigenvalue weighted by Crippen LogP contribution is -2.37. The average molecular weight is 497 g/mol. The Morgan fingerprint density at radius 2 is 1.09 bits per heavy atom. The number of hydrogen-bond donors (Lipinski definition) is 0. The van der Waals surface area contributed by atoms with Gasteiger partial charge in [-0.3, -0.25) is 14.4 Å². The van der Waals surface area contributed by atoms with Gasteiger partial charge in [-0.05, 0) is 78.7 Å². The number of carbonyl (C=O) groups excluding carboxylic acids is 3. The van der Waals surface area contributed by atoms with Crippen molar-refractivity contribution in [2.45, 2.75) is 13.3 Å². The summed E-state index contributed by atoms with van der Waals surface area (Å²) in [6, 6.07) is 19.1. The molecule has 0 saturated heterocycles. The molecule has 0 spiro atoms. The first kappa shape index (κ1) is 25.8. The second kappa shape index (κ2) is 12.0. The molecule has 0 amide bonds. The number of ether oxygens (including phenoxy) is 4. The molecule has 0 fully saturated rings. The number of rotatable bonds is 10. The first-order valence-electron chi connectivity index (χ1n) is 10.8. The zero-order chi connectivity index (χ0) is 25.4. The summed E-state index contributed by atoms with van der Waals surface area (Å²) in [6.07, 6.45) is -0.0816. The minimum Gasteiger partial charge on any atom is -0.497 e. The first-order chi connectivity index (χ1) is 16.8. The molecule has 0 saturated carbocycles. The molecule has 182 valence electrons. The molecule has 3 aromatic carbocycles. The van der Waals surface area contributed by atoms with E-state index in [9.17, 15) is 14.4 Å². The van der Waals surface area contributed by atoms with Crippen LogP contribution in [0.1, 0.15) is 23.7 Å². The van der Waals surface area contributed by atoms with Gasteiger partial charge in [0.15, 0.2) is 11.7 Å². The van der Waals surface area contributed by atoms with Gasteiger partial charge in [-0.2, -0.15) is 0 Å². The van der Waals surface area contributed by atoms with Crippen molar-refractivity contribution in [1.82, 2.24) is 0 Å². The summed E-state index contributed by atoms with van der Waals surface area (Å²) in [7, 11) is 3.04. The Balaban J connectivity index is 1.80. The summed E-state index contributed by atoms with van der Waals surface area (Å²) < 4.78 is 21.1. The summed E-state index contributed by atoms with van der Waals surface area (Å²) in [5, 5.41) is 0.499. The van der Waals surface area contributed by atoms with Gasteiger partial charge >= 0.3 is 11.9 Å². The minimum absolute atomic E-state index is 0.0816. The summed E-state index contributed by atoms with van der Waals surface area (Å²) in [4.78, 5) is 39.0. The number of methoxy groups -OCH3 is 2. The number of halogens is 1. The summed E-state index contributed by atoms with van der Waals surface area (Å²) in [6.45, 7) is 1.63. The fourth-order valence-corrected chi connectivity index (χ4v) is 3.50. The van der Waals surface area contributed by atoms with E-state index in [0.717, 1.165) is 0 Å². The molecule has 3 aromatic rings. The topological polar surface area (TPSA) is 88.1 Å². The van der Waals surface area contributed by atoms with E-state index >= 15 is 0 Å². The maximum absolute atomic E-state index is 13.1. The highest BCUT2D eigenvalue weighted by atomic mass is 35.5. The molecule has 0 aliphatic carbocycles. The van der Waals surface area contributed by atoms with Crippen LogP contribution in [0.25, 0.3) is 0 Å². The molecule has 0 bridgehead atoms. The number of carbonyl (C=O) groups is 3. The smallest absolute Gasteiger partial charge is 0.326 e. The van der Waals surface area contributed by atoms with Crippen LogP contribution in [0.4, 0.5) is 0 Å². The van der Waals surface area contributed by atoms with Crippen LogP contribution >= 0.6 is 11.6 Å². The van der Waals surface area contributed by atoms with Crippen LogP contribution < -0.4 is 18.9 Å². The van der Waals surface area contributed by atoms with Crippen molar-refractivity contribution in [1.29, 1.82) is 0 Å². The normalized spacial score (nSPS) is 11.5. The van der Waals surface area contributed by atoms with Gasteiger partial charge in [-0.1, -0.05) is 18.5 Å². The first-order valence-corrected chi connectivity index (χ1v) is 11.2. The predicted molar refractivity (Wildman–Crippen MR) is 130 cm³/mol. The molecular weight excluding hydrogens is 472 g/mol. The number of benzene rings is 3. The lowest BCUT2D eigenvalue weighted by Gasteiger charge is -2.21. The van der Waals surface area contributed by atoms with Gasteiger partial charge in [0.25, 0.3) is 0 Å². The van der Waals surface area contributed by atoms with Crippen LogP contribution in [0.2, 0.25) is 5.02 Å². The maximum Gasteiger partial charge on any atom is 0.326 e. The Labute approximate surface area is 208 Å². The van der Waals surface area contributed by atoms with E-state index in [4.69, 9.17) is 30.5 Å². The number of ketones is 1. The lowest BCUT2D eigenvalue weighted by atomic mass is 9.88. The molecule has 8 heteroatoms. The van der Waals surface area contributed by atoms with E-state index in [-0.39, 0.29) is 23.7 Å². The number of Topliss-reactive ketones (excluding diaryl/α,β-unsaturated/α-hetero) is 1. The fraction of sp³-hybridized carbons (Fsp3) is 0.222. The molecule has 0 aliphatic rings. The van der Waals surface area contributed by atoms with Crippen molar-refractivity contribution in [2.24, 2.45) is 11.8 Å². The second-order valence-electron chi connectivity index (χ2n) is 7.78. The van der Waals surface area contributed by atoms with Gasteiger partial charge in [0.2, 0.25) is 0 Å². The Kier molecular flexibility index (Phi) is 8.86. The number of hydrogen-bond acceptors (Lipinski definition) is 7. The van der Waals surface area contributed by atoms with Gasteiger partial charge < -0.3 is 18.9 Å². The zero-order valence-electron chi connectivity index (χ0n) is 19.5. The average Bonchev–Trinajstić information content (AvgIpc) is 2.85. The van der Waals surface area contributed by atoms with E-state index in [1.165, 1.54) is 14.2 Å². The van der Waals surface area contributed by atoms with Gasteiger partial charge in [0.05, 0.1) is 14.2 Å². The molecule has 0 unspecified atom stereocenters. The van der Waals surface area contributed by atoms with Crippen molar-refractivity contribution in [3.63, 3.8) is 0 Å². The Bertz CT molecular complexity index is 1090. The molecular formula is C27H25ClO7. The van der Waals surface area contributed by atoms with Crippen molar-refractivity contribution in [3.8, 4) is 23.0 Å². The van der Waals surface area contributed by atoms with Crippen LogP contribution in [-0.4, -0.2) is 31.9 Å². The molecule has 0 aliphatic heterocycles. The Morgan fingerprint density at radius 1 is 0.686 bits per heavy atom. The number of esters is 2. The SMILES string of the molecule is COc1ccc(OC(=O)C(C(=O)Oc2ccc(OC)cc2)[C@H](C)CC(=O)c2ccc(Cl)cc2)cc1. The van der Waals surface area contributed by atoms with E-state index < -0.39 is 23.8 Å². The summed E-state index contributed by atoms with van der Waals surface area (Å²) in [5.74, 6) is -2.33. The maximum atomic E-state index is 13.1. The molecule has 3 rings (SSSR count). The van der Waals surface area contributed by atoms with Crippen molar-refractivity contribution in [3.05, 3.63) is 83.4 Å². The van der Waals surface area contributed by atoms with E-state index in [1.807, 2.05) is 0 Å². The highest BCUT2D eigenvalue weighted by molar-refractivity contribution is 6.30. The largest absolute Gasteiger partial charge is 0.497 e. The molecule has 0 N–H and O–H groups in total. The van der Waals surface area contributed by atoms with Gasteiger partial charge in [0.1, 0.15) is 23.0 Å². The third kappa shape index (κ3) is 7.07. The second-order valence-corrected chi connectivity index (χ2v) is 8.22. The molecule has 0 heterocycles. The molecule has 1 atom stereocenters. The minimum atomic E-state index is -1.35. The van der Waals surface area contributed by atoms with E-state index in [0.29, 0.717) is 22.1 Å². The highest BCUT2D eigenvalue weighted by Gasteiger charge is 2.37. The van der Waals surface area contributed by atoms with Crippen LogP contribution in [0.5, 0.6) is 23.0 Å². The summed E-state index contributed by atoms with van der Waals surface area (Å²) in [5.41, 5.74) is 0.423. The Hall–Kier alpha value is -3.84. The molecule has 0 radical (unpaired) electrons. The van der Waals surface area contributed by atoms with Crippen molar-refractivity contribution in [2.75, 3.05) is 14.2 Å². The summed E-state index contributed by atoms with van der Waals surface area (Å²) >= 11 is 5.90. The van der Waals surface area contributed by atoms with E-state index in [1.54, 1.807) is 79.7 Å². The van der Waals surface area contributed by atoms with Crippen LogP contribution in [0.15, 0.2) is 72.8 Å². The van der Waals surface area contributed by atoms with Gasteiger partial charge in [-0.25, -0.2) is 0 Å². The van der Waals surface area contributed by atoms with Crippen molar-refractivity contribution >= 4 is 29.3 Å². The third-order valence-corrected chi connectivity index (χ3v) is 5.56. The fourth-order valence-electron chi connectivity index (χ4n) is 3.37.